The molecule has 2 N–H and O–H groups in total. The minimum atomic E-state index is -4.41. The van der Waals surface area contributed by atoms with E-state index in [2.05, 4.69) is 9.50 Å². The van der Waals surface area contributed by atoms with Crippen molar-refractivity contribution in [3.8, 4) is 0 Å². The molecule has 0 bridgehead atoms. The highest BCUT2D eigenvalue weighted by Crippen LogP contribution is 2.08. The van der Waals surface area contributed by atoms with Gasteiger partial charge in [0.2, 0.25) is 5.91 Å². The molecule has 0 aliphatic heterocycles. The lowest BCUT2D eigenvalue weighted by Crippen LogP contribution is -2.29. The van der Waals surface area contributed by atoms with Gasteiger partial charge in [0.25, 0.3) is 0 Å². The smallest absolute Gasteiger partial charge is 0.354 e. The molecule has 0 spiro atoms. The van der Waals surface area contributed by atoms with E-state index in [0.29, 0.717) is 12.3 Å². The lowest BCUT2D eigenvalue weighted by molar-refractivity contribution is -0.122. The van der Waals surface area contributed by atoms with E-state index in [9.17, 15) is 13.2 Å². The first-order chi connectivity index (χ1) is 7.35. The summed E-state index contributed by atoms with van der Waals surface area (Å²) in [7, 11) is -4.41. The molecule has 1 atom stereocenters. The lowest BCUT2D eigenvalue weighted by atomic mass is 10.0. The highest BCUT2D eigenvalue weighted by Gasteiger charge is 2.08. The van der Waals surface area contributed by atoms with Crippen molar-refractivity contribution >= 4 is 16.3 Å². The van der Waals surface area contributed by atoms with E-state index < -0.39 is 10.4 Å². The zero-order valence-electron chi connectivity index (χ0n) is 9.60. The Kier molecular flexibility index (Phi) is 7.27. The maximum Gasteiger partial charge on any atom is 0.397 e. The van der Waals surface area contributed by atoms with Gasteiger partial charge in [0.05, 0.1) is 6.61 Å². The number of hydrogen-bond acceptors (Lipinski definition) is 4. The molecule has 96 valence electrons. The van der Waals surface area contributed by atoms with Crippen LogP contribution in [0.5, 0.6) is 0 Å². The summed E-state index contributed by atoms with van der Waals surface area (Å²) >= 11 is 0. The molecule has 0 aromatic carbocycles. The van der Waals surface area contributed by atoms with Crippen LogP contribution in [0.25, 0.3) is 0 Å². The average Bonchev–Trinajstić information content (AvgIpc) is 2.11. The van der Waals surface area contributed by atoms with E-state index in [-0.39, 0.29) is 19.1 Å². The third kappa shape index (κ3) is 9.88. The first-order valence-electron chi connectivity index (χ1n) is 5.23. The first kappa shape index (κ1) is 15.3. The summed E-state index contributed by atoms with van der Waals surface area (Å²) in [5, 5.41) is 2.51. The fourth-order valence-electron chi connectivity index (χ4n) is 1.32. The molecule has 0 rings (SSSR count). The predicted octanol–water partition coefficient (Wildman–Crippen LogP) is 0.748. The molecular weight excluding hydrogens is 234 g/mol. The Morgan fingerprint density at radius 1 is 1.50 bits per heavy atom. The Bertz CT molecular complexity index is 301. The maximum atomic E-state index is 11.3. The van der Waals surface area contributed by atoms with Crippen molar-refractivity contribution in [2.45, 2.75) is 33.1 Å². The Hall–Kier alpha value is -0.660. The van der Waals surface area contributed by atoms with Crippen molar-refractivity contribution in [1.29, 1.82) is 0 Å². The van der Waals surface area contributed by atoms with Gasteiger partial charge in [-0.05, 0) is 5.92 Å². The maximum absolute atomic E-state index is 11.3. The Labute approximate surface area is 96.3 Å². The second-order valence-electron chi connectivity index (χ2n) is 3.70. The standard InChI is InChI=1S/C9H19NO5S/c1-3-4-8(2)7-9(11)10-5-6-15-16(12,13)14/h8H,3-7H2,1-2H3,(H,10,11)(H,12,13,14). The molecule has 0 saturated carbocycles. The van der Waals surface area contributed by atoms with E-state index in [0.717, 1.165) is 12.8 Å². The van der Waals surface area contributed by atoms with E-state index >= 15 is 0 Å². The molecule has 0 fully saturated rings. The zero-order chi connectivity index (χ0) is 12.6. The number of amides is 1. The van der Waals surface area contributed by atoms with Gasteiger partial charge >= 0.3 is 10.4 Å². The van der Waals surface area contributed by atoms with Crippen LogP contribution in [0.2, 0.25) is 0 Å². The van der Waals surface area contributed by atoms with Crippen LogP contribution in [0.15, 0.2) is 0 Å². The largest absolute Gasteiger partial charge is 0.397 e. The van der Waals surface area contributed by atoms with Crippen LogP contribution in [0.4, 0.5) is 0 Å². The summed E-state index contributed by atoms with van der Waals surface area (Å²) in [6, 6.07) is 0. The van der Waals surface area contributed by atoms with Gasteiger partial charge in [0, 0.05) is 13.0 Å². The lowest BCUT2D eigenvalue weighted by Gasteiger charge is -2.09. The summed E-state index contributed by atoms with van der Waals surface area (Å²) in [6.07, 6.45) is 2.43. The van der Waals surface area contributed by atoms with Crippen LogP contribution in [0.1, 0.15) is 33.1 Å². The van der Waals surface area contributed by atoms with Crippen LogP contribution in [-0.2, 0) is 19.4 Å². The molecular formula is C9H19NO5S. The molecule has 0 radical (unpaired) electrons. The molecule has 0 aromatic heterocycles. The second-order valence-corrected chi connectivity index (χ2v) is 4.79. The summed E-state index contributed by atoms with van der Waals surface area (Å²) in [6.45, 7) is 3.84. The van der Waals surface area contributed by atoms with Gasteiger partial charge in [-0.2, -0.15) is 8.42 Å². The summed E-state index contributed by atoms with van der Waals surface area (Å²) in [5.41, 5.74) is 0. The number of rotatable bonds is 8. The first-order valence-corrected chi connectivity index (χ1v) is 6.60. The van der Waals surface area contributed by atoms with Crippen molar-refractivity contribution in [3.05, 3.63) is 0 Å². The fraction of sp³-hybridized carbons (Fsp3) is 0.889. The molecule has 6 nitrogen and oxygen atoms in total. The van der Waals surface area contributed by atoms with Crippen molar-refractivity contribution in [2.75, 3.05) is 13.2 Å². The van der Waals surface area contributed by atoms with E-state index in [1.165, 1.54) is 0 Å². The average molecular weight is 253 g/mol. The van der Waals surface area contributed by atoms with Gasteiger partial charge in [-0.25, -0.2) is 4.18 Å². The molecule has 16 heavy (non-hydrogen) atoms. The molecule has 0 heterocycles. The van der Waals surface area contributed by atoms with Crippen molar-refractivity contribution in [2.24, 2.45) is 5.92 Å². The number of carbonyl (C=O) groups excluding carboxylic acids is 1. The van der Waals surface area contributed by atoms with Crippen molar-refractivity contribution in [3.63, 3.8) is 0 Å². The van der Waals surface area contributed by atoms with Crippen molar-refractivity contribution in [1.82, 2.24) is 5.32 Å². The van der Waals surface area contributed by atoms with Gasteiger partial charge in [0.1, 0.15) is 0 Å². The summed E-state index contributed by atoms with van der Waals surface area (Å²) in [5.74, 6) is 0.174. The Morgan fingerprint density at radius 2 is 2.12 bits per heavy atom. The highest BCUT2D eigenvalue weighted by atomic mass is 32.3. The Balaban J connectivity index is 3.59. The molecule has 0 aliphatic rings. The van der Waals surface area contributed by atoms with Gasteiger partial charge in [-0.3, -0.25) is 9.35 Å². The molecule has 7 heteroatoms. The SMILES string of the molecule is CCCC(C)CC(=O)NCCOS(=O)(=O)O. The van der Waals surface area contributed by atoms with Crippen LogP contribution in [0.3, 0.4) is 0 Å². The van der Waals surface area contributed by atoms with Crippen LogP contribution in [0, 0.1) is 5.92 Å². The third-order valence-electron chi connectivity index (χ3n) is 1.97. The molecule has 1 amide bonds. The van der Waals surface area contributed by atoms with Gasteiger partial charge in [-0.15, -0.1) is 0 Å². The van der Waals surface area contributed by atoms with Crippen LogP contribution < -0.4 is 5.32 Å². The van der Waals surface area contributed by atoms with E-state index in [1.54, 1.807) is 0 Å². The number of carbonyl (C=O) groups is 1. The molecule has 1 unspecified atom stereocenters. The topological polar surface area (TPSA) is 92.7 Å². The van der Waals surface area contributed by atoms with Crippen LogP contribution >= 0.6 is 0 Å². The number of nitrogens with one attached hydrogen (secondary N) is 1. The zero-order valence-corrected chi connectivity index (χ0v) is 10.4. The predicted molar refractivity (Wildman–Crippen MR) is 59.2 cm³/mol. The van der Waals surface area contributed by atoms with E-state index in [4.69, 9.17) is 4.55 Å². The van der Waals surface area contributed by atoms with Gasteiger partial charge in [-0.1, -0.05) is 26.7 Å². The normalized spacial score (nSPS) is 13.4. The Morgan fingerprint density at radius 3 is 2.62 bits per heavy atom. The molecule has 0 aliphatic carbocycles. The fourth-order valence-corrected chi connectivity index (χ4v) is 1.61. The highest BCUT2D eigenvalue weighted by molar-refractivity contribution is 7.80. The molecule has 0 saturated heterocycles. The summed E-state index contributed by atoms with van der Waals surface area (Å²) in [4.78, 5) is 11.3. The summed E-state index contributed by atoms with van der Waals surface area (Å²) < 4.78 is 32.6. The minimum absolute atomic E-state index is 0.0669. The third-order valence-corrected chi connectivity index (χ3v) is 2.44. The van der Waals surface area contributed by atoms with Gasteiger partial charge in [0.15, 0.2) is 0 Å². The minimum Gasteiger partial charge on any atom is -0.354 e. The van der Waals surface area contributed by atoms with Crippen molar-refractivity contribution < 1.29 is 21.9 Å². The quantitative estimate of drug-likeness (QED) is 0.492. The van der Waals surface area contributed by atoms with E-state index in [1.807, 2.05) is 13.8 Å². The van der Waals surface area contributed by atoms with Crippen LogP contribution in [-0.4, -0.2) is 32.0 Å². The second kappa shape index (κ2) is 7.59. The molecule has 0 aromatic rings. The number of hydrogen-bond donors (Lipinski definition) is 2. The van der Waals surface area contributed by atoms with Gasteiger partial charge < -0.3 is 5.32 Å². The monoisotopic (exact) mass is 253 g/mol.